The highest BCUT2D eigenvalue weighted by Gasteiger charge is 2.20. The third kappa shape index (κ3) is 2.60. The van der Waals surface area contributed by atoms with Crippen molar-refractivity contribution in [2.75, 3.05) is 0 Å². The zero-order valence-corrected chi connectivity index (χ0v) is 11.0. The van der Waals surface area contributed by atoms with Crippen LogP contribution in [0, 0.1) is 6.92 Å². The fourth-order valence-electron chi connectivity index (χ4n) is 1.72. The van der Waals surface area contributed by atoms with Gasteiger partial charge in [0.05, 0.1) is 10.9 Å². The molecule has 0 bridgehead atoms. The first kappa shape index (κ1) is 12.8. The van der Waals surface area contributed by atoms with Gasteiger partial charge >= 0.3 is 0 Å². The standard InChI is InChI=1S/C12H15N3O2S/c1-9-5-3-4-6-11(9)18(16,17)15-10(2)12-13-7-8-14-12/h3-8,10,15H,1-2H3,(H,13,14). The second kappa shape index (κ2) is 4.91. The number of rotatable bonds is 4. The van der Waals surface area contributed by atoms with E-state index in [4.69, 9.17) is 0 Å². The average molecular weight is 265 g/mol. The van der Waals surface area contributed by atoms with Gasteiger partial charge in [-0.2, -0.15) is 0 Å². The Bertz CT molecular complexity index is 621. The van der Waals surface area contributed by atoms with Gasteiger partial charge in [0.2, 0.25) is 10.0 Å². The van der Waals surface area contributed by atoms with Crippen LogP contribution in [0.4, 0.5) is 0 Å². The first-order valence-corrected chi connectivity index (χ1v) is 7.06. The lowest BCUT2D eigenvalue weighted by molar-refractivity contribution is 0.560. The minimum atomic E-state index is -3.53. The van der Waals surface area contributed by atoms with Gasteiger partial charge in [-0.25, -0.2) is 18.1 Å². The van der Waals surface area contributed by atoms with Crippen LogP contribution in [0.2, 0.25) is 0 Å². The summed E-state index contributed by atoms with van der Waals surface area (Å²) in [4.78, 5) is 7.22. The summed E-state index contributed by atoms with van der Waals surface area (Å²) in [6.07, 6.45) is 3.25. The number of aromatic nitrogens is 2. The highest BCUT2D eigenvalue weighted by molar-refractivity contribution is 7.89. The van der Waals surface area contributed by atoms with Crippen molar-refractivity contribution in [1.29, 1.82) is 0 Å². The Hall–Kier alpha value is -1.66. The molecule has 2 N–H and O–H groups in total. The normalized spacial score (nSPS) is 13.4. The summed E-state index contributed by atoms with van der Waals surface area (Å²) < 4.78 is 27.0. The quantitative estimate of drug-likeness (QED) is 0.884. The minimum Gasteiger partial charge on any atom is -0.347 e. The number of hydrogen-bond donors (Lipinski definition) is 2. The van der Waals surface area contributed by atoms with Crippen molar-refractivity contribution in [2.45, 2.75) is 24.8 Å². The second-order valence-corrected chi connectivity index (χ2v) is 5.77. The first-order chi connectivity index (χ1) is 8.50. The molecule has 2 aromatic rings. The Morgan fingerprint density at radius 3 is 2.67 bits per heavy atom. The van der Waals surface area contributed by atoms with Gasteiger partial charge in [-0.15, -0.1) is 0 Å². The van der Waals surface area contributed by atoms with E-state index in [1.165, 1.54) is 0 Å². The van der Waals surface area contributed by atoms with Crippen LogP contribution in [0.5, 0.6) is 0 Å². The monoisotopic (exact) mass is 265 g/mol. The Balaban J connectivity index is 2.26. The molecular weight excluding hydrogens is 250 g/mol. The van der Waals surface area contributed by atoms with Crippen LogP contribution in [0.1, 0.15) is 24.4 Å². The summed E-state index contributed by atoms with van der Waals surface area (Å²) in [5, 5.41) is 0. The molecule has 1 atom stereocenters. The molecule has 0 aliphatic carbocycles. The molecule has 1 heterocycles. The maximum Gasteiger partial charge on any atom is 0.241 e. The fourth-order valence-corrected chi connectivity index (χ4v) is 3.18. The van der Waals surface area contributed by atoms with E-state index >= 15 is 0 Å². The van der Waals surface area contributed by atoms with E-state index < -0.39 is 16.1 Å². The lowest BCUT2D eigenvalue weighted by atomic mass is 10.2. The molecule has 0 radical (unpaired) electrons. The van der Waals surface area contributed by atoms with E-state index in [0.717, 1.165) is 5.56 Å². The summed E-state index contributed by atoms with van der Waals surface area (Å²) >= 11 is 0. The van der Waals surface area contributed by atoms with Crippen molar-refractivity contribution in [2.24, 2.45) is 0 Å². The lowest BCUT2D eigenvalue weighted by Gasteiger charge is -2.13. The molecule has 6 heteroatoms. The molecule has 0 aliphatic rings. The summed E-state index contributed by atoms with van der Waals surface area (Å²) in [6, 6.07) is 6.48. The van der Waals surface area contributed by atoms with Gasteiger partial charge in [-0.1, -0.05) is 18.2 Å². The van der Waals surface area contributed by atoms with E-state index in [1.807, 2.05) is 6.07 Å². The van der Waals surface area contributed by atoms with Gasteiger partial charge in [0.1, 0.15) is 5.82 Å². The number of H-pyrrole nitrogens is 1. The van der Waals surface area contributed by atoms with Crippen molar-refractivity contribution >= 4 is 10.0 Å². The molecule has 0 amide bonds. The zero-order valence-electron chi connectivity index (χ0n) is 10.2. The second-order valence-electron chi connectivity index (χ2n) is 4.08. The third-order valence-electron chi connectivity index (χ3n) is 2.64. The molecule has 0 spiro atoms. The van der Waals surface area contributed by atoms with Crippen LogP contribution < -0.4 is 4.72 Å². The molecule has 0 saturated carbocycles. The number of imidazole rings is 1. The van der Waals surface area contributed by atoms with Gasteiger partial charge < -0.3 is 4.98 Å². The molecule has 0 saturated heterocycles. The van der Waals surface area contributed by atoms with Crippen LogP contribution in [0.25, 0.3) is 0 Å². The SMILES string of the molecule is Cc1ccccc1S(=O)(=O)NC(C)c1ncc[nH]1. The van der Waals surface area contributed by atoms with Crippen LogP contribution in [0.15, 0.2) is 41.6 Å². The Kier molecular flexibility index (Phi) is 3.49. The number of hydrogen-bond acceptors (Lipinski definition) is 3. The van der Waals surface area contributed by atoms with E-state index in [-0.39, 0.29) is 0 Å². The number of nitrogens with zero attached hydrogens (tertiary/aromatic N) is 1. The highest BCUT2D eigenvalue weighted by Crippen LogP contribution is 2.17. The van der Waals surface area contributed by atoms with Crippen molar-refractivity contribution in [3.8, 4) is 0 Å². The molecule has 5 nitrogen and oxygen atoms in total. The Morgan fingerprint density at radius 1 is 1.33 bits per heavy atom. The van der Waals surface area contributed by atoms with Gasteiger partial charge in [0.15, 0.2) is 0 Å². The van der Waals surface area contributed by atoms with Crippen LogP contribution in [0.3, 0.4) is 0 Å². The largest absolute Gasteiger partial charge is 0.347 e. The lowest BCUT2D eigenvalue weighted by Crippen LogP contribution is -2.28. The zero-order chi connectivity index (χ0) is 13.2. The topological polar surface area (TPSA) is 74.8 Å². The van der Waals surface area contributed by atoms with E-state index in [2.05, 4.69) is 14.7 Å². The van der Waals surface area contributed by atoms with Crippen molar-refractivity contribution < 1.29 is 8.42 Å². The summed E-state index contributed by atoms with van der Waals surface area (Å²) in [5.41, 5.74) is 0.719. The minimum absolute atomic E-state index is 0.295. The third-order valence-corrected chi connectivity index (χ3v) is 4.35. The Morgan fingerprint density at radius 2 is 2.06 bits per heavy atom. The number of aromatic amines is 1. The van der Waals surface area contributed by atoms with E-state index in [1.54, 1.807) is 44.4 Å². The summed E-state index contributed by atoms with van der Waals surface area (Å²) in [5.74, 6) is 0.590. The number of sulfonamides is 1. The first-order valence-electron chi connectivity index (χ1n) is 5.58. The molecule has 2 rings (SSSR count). The predicted octanol–water partition coefficient (Wildman–Crippen LogP) is 1.76. The van der Waals surface area contributed by atoms with Crippen LogP contribution >= 0.6 is 0 Å². The maximum atomic E-state index is 12.2. The fraction of sp³-hybridized carbons (Fsp3) is 0.250. The molecular formula is C12H15N3O2S. The smallest absolute Gasteiger partial charge is 0.241 e. The molecule has 18 heavy (non-hydrogen) atoms. The maximum absolute atomic E-state index is 12.2. The highest BCUT2D eigenvalue weighted by atomic mass is 32.2. The van der Waals surface area contributed by atoms with E-state index in [0.29, 0.717) is 10.7 Å². The van der Waals surface area contributed by atoms with Crippen LogP contribution in [-0.2, 0) is 10.0 Å². The predicted molar refractivity (Wildman–Crippen MR) is 68.5 cm³/mol. The number of nitrogens with one attached hydrogen (secondary N) is 2. The van der Waals surface area contributed by atoms with Gasteiger partial charge in [0, 0.05) is 12.4 Å². The number of benzene rings is 1. The van der Waals surface area contributed by atoms with Gasteiger partial charge in [-0.3, -0.25) is 0 Å². The van der Waals surface area contributed by atoms with Crippen molar-refractivity contribution in [3.63, 3.8) is 0 Å². The van der Waals surface area contributed by atoms with Gasteiger partial charge in [0.25, 0.3) is 0 Å². The molecule has 96 valence electrons. The molecule has 0 fully saturated rings. The summed E-state index contributed by atoms with van der Waals surface area (Å²) in [7, 11) is -3.53. The Labute approximate surface area is 106 Å². The number of aryl methyl sites for hydroxylation is 1. The van der Waals surface area contributed by atoms with Crippen molar-refractivity contribution in [3.05, 3.63) is 48.0 Å². The summed E-state index contributed by atoms with van der Waals surface area (Å²) in [6.45, 7) is 3.51. The van der Waals surface area contributed by atoms with Gasteiger partial charge in [-0.05, 0) is 25.5 Å². The van der Waals surface area contributed by atoms with Crippen LogP contribution in [-0.4, -0.2) is 18.4 Å². The molecule has 1 unspecified atom stereocenters. The molecule has 0 aliphatic heterocycles. The van der Waals surface area contributed by atoms with Crippen molar-refractivity contribution in [1.82, 2.24) is 14.7 Å². The average Bonchev–Trinajstić information content (AvgIpc) is 2.82. The molecule has 1 aromatic heterocycles. The van der Waals surface area contributed by atoms with E-state index in [9.17, 15) is 8.42 Å². The molecule has 1 aromatic carbocycles.